The maximum absolute atomic E-state index is 9.41. The molecule has 2 rings (SSSR count). The van der Waals surface area contributed by atoms with Gasteiger partial charge in [-0.25, -0.2) is 0 Å². The van der Waals surface area contributed by atoms with Crippen LogP contribution < -0.4 is 0 Å². The summed E-state index contributed by atoms with van der Waals surface area (Å²) in [6.45, 7) is 2.14. The number of hydrogen-bond acceptors (Lipinski definition) is 1. The van der Waals surface area contributed by atoms with Crippen LogP contribution in [0.1, 0.15) is 24.0 Å². The van der Waals surface area contributed by atoms with Gasteiger partial charge in [0.15, 0.2) is 0 Å². The van der Waals surface area contributed by atoms with Crippen LogP contribution >= 0.6 is 0 Å². The molecule has 1 heteroatoms. The van der Waals surface area contributed by atoms with Crippen molar-refractivity contribution < 1.29 is 5.11 Å². The summed E-state index contributed by atoms with van der Waals surface area (Å²) in [5, 5.41) is 9.41. The van der Waals surface area contributed by atoms with Gasteiger partial charge in [0.2, 0.25) is 0 Å². The largest absolute Gasteiger partial charge is 0.508 e. The van der Waals surface area contributed by atoms with Crippen molar-refractivity contribution >= 4 is 0 Å². The van der Waals surface area contributed by atoms with Crippen LogP contribution in [0.15, 0.2) is 54.6 Å². The van der Waals surface area contributed by atoms with Crippen LogP contribution in [0.25, 0.3) is 0 Å². The molecule has 0 aromatic heterocycles. The zero-order valence-electron chi connectivity index (χ0n) is 8.72. The second kappa shape index (κ2) is 4.18. The molecule has 15 heavy (non-hydrogen) atoms. The summed E-state index contributed by atoms with van der Waals surface area (Å²) < 4.78 is 0. The van der Waals surface area contributed by atoms with Gasteiger partial charge >= 0.3 is 0 Å². The number of benzene rings is 2. The van der Waals surface area contributed by atoms with Gasteiger partial charge in [0.05, 0.1) is 0 Å². The molecule has 1 N–H and O–H groups in total. The highest BCUT2D eigenvalue weighted by Gasteiger charge is 2.07. The Morgan fingerprint density at radius 2 is 1.53 bits per heavy atom. The Bertz CT molecular complexity index is 434. The normalized spacial score (nSPS) is 12.3. The molecule has 0 saturated carbocycles. The van der Waals surface area contributed by atoms with Crippen LogP contribution in [-0.4, -0.2) is 5.11 Å². The van der Waals surface area contributed by atoms with E-state index in [1.807, 2.05) is 36.4 Å². The molecular formula is C14H14O. The molecule has 0 amide bonds. The zero-order valence-corrected chi connectivity index (χ0v) is 8.72. The first-order valence-electron chi connectivity index (χ1n) is 5.11. The molecule has 0 aliphatic heterocycles. The molecule has 0 aliphatic carbocycles. The van der Waals surface area contributed by atoms with Gasteiger partial charge in [-0.3, -0.25) is 0 Å². The fraction of sp³-hybridized carbons (Fsp3) is 0.143. The van der Waals surface area contributed by atoms with Gasteiger partial charge in [-0.2, -0.15) is 0 Å². The molecule has 0 fully saturated rings. The summed E-state index contributed by atoms with van der Waals surface area (Å²) in [6.07, 6.45) is 0. The van der Waals surface area contributed by atoms with Gasteiger partial charge in [0.1, 0.15) is 5.75 Å². The number of aromatic hydroxyl groups is 1. The Morgan fingerprint density at radius 1 is 0.867 bits per heavy atom. The maximum Gasteiger partial charge on any atom is 0.115 e. The highest BCUT2D eigenvalue weighted by atomic mass is 16.3. The van der Waals surface area contributed by atoms with Gasteiger partial charge in [0.25, 0.3) is 0 Å². The molecule has 76 valence electrons. The van der Waals surface area contributed by atoms with Crippen molar-refractivity contribution in [1.82, 2.24) is 0 Å². The predicted molar refractivity (Wildman–Crippen MR) is 62.1 cm³/mol. The Balaban J connectivity index is 2.32. The molecule has 0 radical (unpaired) electrons. The lowest BCUT2D eigenvalue weighted by molar-refractivity contribution is 0.474. The smallest absolute Gasteiger partial charge is 0.115 e. The van der Waals surface area contributed by atoms with Gasteiger partial charge in [-0.1, -0.05) is 49.4 Å². The van der Waals surface area contributed by atoms with Crippen LogP contribution in [0.3, 0.4) is 0 Å². The molecule has 0 bridgehead atoms. The third-order valence-electron chi connectivity index (χ3n) is 2.67. The van der Waals surface area contributed by atoms with Crippen LogP contribution in [0.4, 0.5) is 0 Å². The van der Waals surface area contributed by atoms with Crippen molar-refractivity contribution in [3.63, 3.8) is 0 Å². The third-order valence-corrected chi connectivity index (χ3v) is 2.67. The number of rotatable bonds is 2. The maximum atomic E-state index is 9.41. The lowest BCUT2D eigenvalue weighted by atomic mass is 9.93. The van der Waals surface area contributed by atoms with E-state index in [1.165, 1.54) is 5.56 Å². The Kier molecular flexibility index (Phi) is 2.72. The fourth-order valence-electron chi connectivity index (χ4n) is 1.73. The third kappa shape index (κ3) is 2.18. The van der Waals surface area contributed by atoms with Gasteiger partial charge < -0.3 is 5.11 Å². The van der Waals surface area contributed by atoms with Crippen molar-refractivity contribution in [3.8, 4) is 5.75 Å². The van der Waals surface area contributed by atoms with Crippen LogP contribution in [0.5, 0.6) is 5.75 Å². The van der Waals surface area contributed by atoms with Gasteiger partial charge in [0, 0.05) is 5.92 Å². The van der Waals surface area contributed by atoms with Crippen LogP contribution in [0.2, 0.25) is 0 Å². The summed E-state index contributed by atoms with van der Waals surface area (Å²) in [7, 11) is 0. The van der Waals surface area contributed by atoms with Crippen molar-refractivity contribution in [1.29, 1.82) is 0 Å². The first-order valence-corrected chi connectivity index (χ1v) is 5.11. The molecule has 1 unspecified atom stereocenters. The average molecular weight is 198 g/mol. The summed E-state index contributed by atoms with van der Waals surface area (Å²) >= 11 is 0. The lowest BCUT2D eigenvalue weighted by Crippen LogP contribution is -1.94. The average Bonchev–Trinajstić information content (AvgIpc) is 2.29. The minimum Gasteiger partial charge on any atom is -0.508 e. The highest BCUT2D eigenvalue weighted by molar-refractivity contribution is 5.35. The van der Waals surface area contributed by atoms with Crippen molar-refractivity contribution in [2.24, 2.45) is 0 Å². The summed E-state index contributed by atoms with van der Waals surface area (Å²) in [5.41, 5.74) is 2.41. The molecule has 0 aliphatic rings. The monoisotopic (exact) mass is 198 g/mol. The molecule has 2 aromatic carbocycles. The van der Waals surface area contributed by atoms with E-state index >= 15 is 0 Å². The fourth-order valence-corrected chi connectivity index (χ4v) is 1.73. The van der Waals surface area contributed by atoms with Gasteiger partial charge in [-0.05, 0) is 23.3 Å². The number of phenols is 1. The molecule has 0 spiro atoms. The lowest BCUT2D eigenvalue weighted by Gasteiger charge is -2.12. The van der Waals surface area contributed by atoms with Crippen molar-refractivity contribution in [2.45, 2.75) is 12.8 Å². The Hall–Kier alpha value is -1.76. The molecular weight excluding hydrogens is 184 g/mol. The molecule has 1 atom stereocenters. The minimum atomic E-state index is 0.318. The quantitative estimate of drug-likeness (QED) is 0.782. The minimum absolute atomic E-state index is 0.318. The topological polar surface area (TPSA) is 20.2 Å². The summed E-state index contributed by atoms with van der Waals surface area (Å²) in [6, 6.07) is 17.7. The van der Waals surface area contributed by atoms with Crippen LogP contribution in [0, 0.1) is 0 Å². The summed E-state index contributed by atoms with van der Waals surface area (Å²) in [4.78, 5) is 0. The van der Waals surface area contributed by atoms with Crippen molar-refractivity contribution in [3.05, 3.63) is 65.7 Å². The van der Waals surface area contributed by atoms with E-state index in [1.54, 1.807) is 6.07 Å². The second-order valence-electron chi connectivity index (χ2n) is 3.73. The number of phenolic OH excluding ortho intramolecular Hbond substituents is 1. The molecule has 2 aromatic rings. The standard InChI is InChI=1S/C14H14O/c1-11(12-6-3-2-4-7-12)13-8-5-9-14(15)10-13/h2-11,15H,1H3. The second-order valence-corrected chi connectivity index (χ2v) is 3.73. The van der Waals surface area contributed by atoms with Crippen molar-refractivity contribution in [2.75, 3.05) is 0 Å². The first-order chi connectivity index (χ1) is 7.27. The zero-order chi connectivity index (χ0) is 10.7. The van der Waals surface area contributed by atoms with E-state index in [0.717, 1.165) is 5.56 Å². The Labute approximate surface area is 90.0 Å². The molecule has 0 saturated heterocycles. The number of hydrogen-bond donors (Lipinski definition) is 1. The van der Waals surface area contributed by atoms with Gasteiger partial charge in [-0.15, -0.1) is 0 Å². The van der Waals surface area contributed by atoms with E-state index < -0.39 is 0 Å². The van der Waals surface area contributed by atoms with Crippen LogP contribution in [-0.2, 0) is 0 Å². The van der Waals surface area contributed by atoms with E-state index in [-0.39, 0.29) is 0 Å². The van der Waals surface area contributed by atoms with E-state index in [2.05, 4.69) is 19.1 Å². The molecule has 1 nitrogen and oxygen atoms in total. The molecule has 0 heterocycles. The SMILES string of the molecule is CC(c1ccccc1)c1cccc(O)c1. The predicted octanol–water partition coefficient (Wildman–Crippen LogP) is 3.54. The highest BCUT2D eigenvalue weighted by Crippen LogP contribution is 2.25. The Morgan fingerprint density at radius 3 is 2.20 bits per heavy atom. The first kappa shape index (κ1) is 9.78. The summed E-state index contributed by atoms with van der Waals surface area (Å²) in [5.74, 6) is 0.647. The van der Waals surface area contributed by atoms with E-state index in [4.69, 9.17) is 0 Å². The van der Waals surface area contributed by atoms with E-state index in [0.29, 0.717) is 11.7 Å². The van der Waals surface area contributed by atoms with E-state index in [9.17, 15) is 5.11 Å².